The molecule has 2 atom stereocenters. The Morgan fingerprint density at radius 1 is 1.39 bits per heavy atom. The van der Waals surface area contributed by atoms with Gasteiger partial charge in [-0.3, -0.25) is 4.79 Å². The van der Waals surface area contributed by atoms with Gasteiger partial charge < -0.3 is 14.6 Å². The van der Waals surface area contributed by atoms with Gasteiger partial charge in [-0.15, -0.1) is 0 Å². The average Bonchev–Trinajstić information content (AvgIpc) is 2.82. The molecule has 2 aliphatic carbocycles. The van der Waals surface area contributed by atoms with Crippen LogP contribution >= 0.6 is 0 Å². The van der Waals surface area contributed by atoms with Crippen LogP contribution in [0.15, 0.2) is 0 Å². The number of fused-ring (bicyclic) bond motifs is 1. The summed E-state index contributed by atoms with van der Waals surface area (Å²) < 4.78 is 8.10. The van der Waals surface area contributed by atoms with Crippen LogP contribution in [0.4, 0.5) is 0 Å². The number of aromatic nitrogens is 2. The van der Waals surface area contributed by atoms with E-state index in [4.69, 9.17) is 4.74 Å². The molecular weight excluding hydrogens is 290 g/mol. The van der Waals surface area contributed by atoms with Crippen LogP contribution in [0.2, 0.25) is 0 Å². The van der Waals surface area contributed by atoms with Gasteiger partial charge in [-0.05, 0) is 52.4 Å². The molecule has 0 saturated heterocycles. The Bertz CT molecular complexity index is 618. The van der Waals surface area contributed by atoms with Gasteiger partial charge in [0.25, 0.3) is 5.91 Å². The van der Waals surface area contributed by atoms with E-state index in [0.29, 0.717) is 11.8 Å². The summed E-state index contributed by atoms with van der Waals surface area (Å²) in [5.41, 5.74) is 2.01. The number of imidazole rings is 1. The van der Waals surface area contributed by atoms with Crippen molar-refractivity contribution in [1.82, 2.24) is 14.9 Å². The number of nitrogens with one attached hydrogen (secondary N) is 1. The lowest BCUT2D eigenvalue weighted by Crippen LogP contribution is -2.67. The predicted molar refractivity (Wildman–Crippen MR) is 87.5 cm³/mol. The number of nitrogens with zero attached hydrogens (tertiary/aromatic N) is 2. The highest BCUT2D eigenvalue weighted by atomic mass is 16.5. The minimum atomic E-state index is 0.0231. The third kappa shape index (κ3) is 2.24. The Kier molecular flexibility index (Phi) is 3.71. The summed E-state index contributed by atoms with van der Waals surface area (Å²) in [5, 5.41) is 3.28. The highest BCUT2D eigenvalue weighted by Gasteiger charge is 2.59. The molecule has 1 aliphatic heterocycles. The first-order valence-electron chi connectivity index (χ1n) is 9.14. The molecule has 5 heteroatoms. The van der Waals surface area contributed by atoms with Gasteiger partial charge >= 0.3 is 0 Å². The number of carbonyl (C=O) groups is 1. The second kappa shape index (κ2) is 5.62. The molecule has 0 bridgehead atoms. The fourth-order valence-electron chi connectivity index (χ4n) is 4.77. The molecule has 0 unspecified atom stereocenters. The van der Waals surface area contributed by atoms with Gasteiger partial charge in [0.2, 0.25) is 0 Å². The zero-order chi connectivity index (χ0) is 16.0. The number of amides is 1. The van der Waals surface area contributed by atoms with E-state index < -0.39 is 0 Å². The smallest absolute Gasteiger partial charge is 0.272 e. The number of rotatable bonds is 4. The van der Waals surface area contributed by atoms with Crippen molar-refractivity contribution in [3.05, 3.63) is 17.2 Å². The van der Waals surface area contributed by atoms with Crippen LogP contribution < -0.4 is 5.32 Å². The molecule has 1 aromatic heterocycles. The molecule has 4 rings (SSSR count). The number of hydrogen-bond acceptors (Lipinski definition) is 3. The fraction of sp³-hybridized carbons (Fsp3) is 0.778. The molecular formula is C18H27N3O2. The van der Waals surface area contributed by atoms with E-state index in [0.717, 1.165) is 43.9 Å². The van der Waals surface area contributed by atoms with Gasteiger partial charge in [0.05, 0.1) is 11.8 Å². The summed E-state index contributed by atoms with van der Waals surface area (Å²) in [6.45, 7) is 5.83. The lowest BCUT2D eigenvalue weighted by atomic mass is 9.51. The van der Waals surface area contributed by atoms with E-state index in [1.54, 1.807) is 0 Å². The Hall–Kier alpha value is -1.36. The lowest BCUT2D eigenvalue weighted by Gasteiger charge is -2.60. The van der Waals surface area contributed by atoms with Crippen molar-refractivity contribution in [2.45, 2.75) is 77.5 Å². The second-order valence-corrected chi connectivity index (χ2v) is 7.36. The monoisotopic (exact) mass is 317 g/mol. The molecule has 2 saturated carbocycles. The van der Waals surface area contributed by atoms with Gasteiger partial charge in [0.15, 0.2) is 0 Å². The van der Waals surface area contributed by atoms with E-state index in [9.17, 15) is 4.79 Å². The van der Waals surface area contributed by atoms with Gasteiger partial charge in [-0.25, -0.2) is 4.98 Å². The summed E-state index contributed by atoms with van der Waals surface area (Å²) in [4.78, 5) is 17.4. The molecule has 5 nitrogen and oxygen atoms in total. The minimum absolute atomic E-state index is 0.0231. The van der Waals surface area contributed by atoms with E-state index in [-0.39, 0.29) is 17.4 Å². The zero-order valence-electron chi connectivity index (χ0n) is 14.2. The summed E-state index contributed by atoms with van der Waals surface area (Å²) in [5.74, 6) is 0.999. The first-order chi connectivity index (χ1) is 11.2. The number of aryl methyl sites for hydroxylation is 1. The Labute approximate surface area is 137 Å². The van der Waals surface area contributed by atoms with Crippen molar-refractivity contribution in [3.63, 3.8) is 0 Å². The molecule has 2 fully saturated rings. The largest absolute Gasteiger partial charge is 0.378 e. The first kappa shape index (κ1) is 15.2. The molecule has 3 aliphatic rings. The quantitative estimate of drug-likeness (QED) is 0.928. The molecule has 1 amide bonds. The zero-order valence-corrected chi connectivity index (χ0v) is 14.2. The topological polar surface area (TPSA) is 56.1 Å². The SMILES string of the molecule is CCO[C@H]1C[C@@H](NC(=O)c2nc(C)n3c2CCCC3)C12CCC2. The molecule has 1 spiro atoms. The van der Waals surface area contributed by atoms with Crippen LogP contribution in [0.5, 0.6) is 0 Å². The lowest BCUT2D eigenvalue weighted by molar-refractivity contribution is -0.169. The van der Waals surface area contributed by atoms with Crippen LogP contribution in [0.3, 0.4) is 0 Å². The highest BCUT2D eigenvalue weighted by molar-refractivity contribution is 5.94. The van der Waals surface area contributed by atoms with E-state index in [2.05, 4.69) is 21.8 Å². The average molecular weight is 317 g/mol. The Morgan fingerprint density at radius 3 is 2.91 bits per heavy atom. The van der Waals surface area contributed by atoms with Crippen LogP contribution in [-0.4, -0.2) is 34.2 Å². The van der Waals surface area contributed by atoms with Crippen molar-refractivity contribution in [3.8, 4) is 0 Å². The van der Waals surface area contributed by atoms with E-state index in [1.807, 2.05) is 6.92 Å². The Morgan fingerprint density at radius 2 is 2.22 bits per heavy atom. The van der Waals surface area contributed by atoms with Crippen molar-refractivity contribution in [2.75, 3.05) is 6.61 Å². The third-order valence-electron chi connectivity index (χ3n) is 6.27. The summed E-state index contributed by atoms with van der Waals surface area (Å²) in [7, 11) is 0. The highest BCUT2D eigenvalue weighted by Crippen LogP contribution is 2.57. The molecule has 1 aromatic rings. The molecule has 2 heterocycles. The van der Waals surface area contributed by atoms with E-state index >= 15 is 0 Å². The summed E-state index contributed by atoms with van der Waals surface area (Å²) in [6.07, 6.45) is 8.23. The molecule has 126 valence electrons. The molecule has 1 N–H and O–H groups in total. The van der Waals surface area contributed by atoms with Crippen LogP contribution in [0.25, 0.3) is 0 Å². The van der Waals surface area contributed by atoms with Crippen LogP contribution in [0, 0.1) is 12.3 Å². The molecule has 0 radical (unpaired) electrons. The minimum Gasteiger partial charge on any atom is -0.378 e. The maximum absolute atomic E-state index is 12.8. The third-order valence-corrected chi connectivity index (χ3v) is 6.27. The Balaban J connectivity index is 1.49. The van der Waals surface area contributed by atoms with Gasteiger partial charge in [-0.1, -0.05) is 6.42 Å². The summed E-state index contributed by atoms with van der Waals surface area (Å²) in [6, 6.07) is 0.265. The maximum Gasteiger partial charge on any atom is 0.272 e. The second-order valence-electron chi connectivity index (χ2n) is 7.36. The molecule has 0 aromatic carbocycles. The summed E-state index contributed by atoms with van der Waals surface area (Å²) >= 11 is 0. The van der Waals surface area contributed by atoms with Crippen molar-refractivity contribution in [2.24, 2.45) is 5.41 Å². The predicted octanol–water partition coefficient (Wildman–Crippen LogP) is 2.61. The van der Waals surface area contributed by atoms with E-state index in [1.165, 1.54) is 25.7 Å². The van der Waals surface area contributed by atoms with Crippen molar-refractivity contribution >= 4 is 5.91 Å². The normalized spacial score (nSPS) is 27.9. The van der Waals surface area contributed by atoms with Crippen molar-refractivity contribution in [1.29, 1.82) is 0 Å². The molecule has 23 heavy (non-hydrogen) atoms. The van der Waals surface area contributed by atoms with Crippen molar-refractivity contribution < 1.29 is 9.53 Å². The van der Waals surface area contributed by atoms with Gasteiger partial charge in [-0.2, -0.15) is 0 Å². The standard InChI is InChI=1S/C18H27N3O2/c1-3-23-15-11-14(18(15)8-6-9-18)20-17(22)16-13-7-4-5-10-21(13)12(2)19-16/h14-15H,3-11H2,1-2H3,(H,20,22)/t14-,15+/m1/s1. The maximum atomic E-state index is 12.8. The van der Waals surface area contributed by atoms with Gasteiger partial charge in [0, 0.05) is 24.6 Å². The fourth-order valence-corrected chi connectivity index (χ4v) is 4.77. The van der Waals surface area contributed by atoms with Crippen LogP contribution in [-0.2, 0) is 17.7 Å². The first-order valence-corrected chi connectivity index (χ1v) is 9.14. The van der Waals surface area contributed by atoms with Gasteiger partial charge in [0.1, 0.15) is 11.5 Å². The number of carbonyl (C=O) groups excluding carboxylic acids is 1. The number of hydrogen-bond donors (Lipinski definition) is 1. The number of ether oxygens (including phenoxy) is 1. The van der Waals surface area contributed by atoms with Crippen LogP contribution in [0.1, 0.15) is 67.5 Å².